The van der Waals surface area contributed by atoms with Crippen LogP contribution in [-0.2, 0) is 11.3 Å². The first-order valence-electron chi connectivity index (χ1n) is 7.03. The zero-order chi connectivity index (χ0) is 15.1. The van der Waals surface area contributed by atoms with Gasteiger partial charge in [0.05, 0.1) is 26.8 Å². The molecule has 2 heterocycles. The highest BCUT2D eigenvalue weighted by Crippen LogP contribution is 2.09. The van der Waals surface area contributed by atoms with Gasteiger partial charge in [-0.2, -0.15) is 5.43 Å². The van der Waals surface area contributed by atoms with Crippen molar-refractivity contribution in [2.45, 2.75) is 6.61 Å². The number of piperazine rings is 1. The summed E-state index contributed by atoms with van der Waals surface area (Å²) in [5, 5.41) is 15.6. The molecule has 1 aliphatic rings. The molecule has 1 aromatic heterocycles. The number of thiophene rings is 1. The van der Waals surface area contributed by atoms with Gasteiger partial charge in [0.25, 0.3) is 0 Å². The van der Waals surface area contributed by atoms with Crippen molar-refractivity contribution in [1.29, 1.82) is 0 Å². The van der Waals surface area contributed by atoms with E-state index >= 15 is 0 Å². The van der Waals surface area contributed by atoms with Crippen molar-refractivity contribution in [1.82, 2.24) is 15.8 Å². The molecular weight excluding hydrogens is 292 g/mol. The van der Waals surface area contributed by atoms with E-state index < -0.39 is 6.03 Å². The van der Waals surface area contributed by atoms with E-state index in [9.17, 15) is 10.0 Å². The van der Waals surface area contributed by atoms with Crippen LogP contribution in [0.15, 0.2) is 17.5 Å². The summed E-state index contributed by atoms with van der Waals surface area (Å²) in [5.41, 5.74) is 2.83. The summed E-state index contributed by atoms with van der Waals surface area (Å²) in [5.74, 6) is 0. The van der Waals surface area contributed by atoms with Gasteiger partial charge in [0.2, 0.25) is 0 Å². The maximum atomic E-state index is 11.9. The van der Waals surface area contributed by atoms with Gasteiger partial charge in [0.15, 0.2) is 0 Å². The molecule has 0 bridgehead atoms. The van der Waals surface area contributed by atoms with Gasteiger partial charge in [0.1, 0.15) is 13.1 Å². The van der Waals surface area contributed by atoms with E-state index in [1.807, 2.05) is 24.6 Å². The molecule has 0 radical (unpaired) electrons. The van der Waals surface area contributed by atoms with Crippen LogP contribution < -0.4 is 10.7 Å². The number of hydrogen-bond acceptors (Lipinski definition) is 5. The maximum absolute atomic E-state index is 11.9. The SMILES string of the molecule is C[N+]1(NC(=O)N(O)CCOCc2cccs2)CCNCC1. The van der Waals surface area contributed by atoms with Crippen molar-refractivity contribution in [3.8, 4) is 0 Å². The number of carbonyl (C=O) groups is 1. The molecule has 0 aromatic carbocycles. The van der Waals surface area contributed by atoms with Crippen LogP contribution in [0.5, 0.6) is 0 Å². The third-order valence-corrected chi connectivity index (χ3v) is 4.29. The normalized spacial score (nSPS) is 17.4. The molecule has 0 aliphatic carbocycles. The van der Waals surface area contributed by atoms with Crippen molar-refractivity contribution < 1.29 is 19.3 Å². The lowest BCUT2D eigenvalue weighted by molar-refractivity contribution is -0.945. The van der Waals surface area contributed by atoms with Crippen LogP contribution in [0.4, 0.5) is 4.79 Å². The zero-order valence-corrected chi connectivity index (χ0v) is 13.1. The molecule has 1 saturated heterocycles. The molecule has 8 heteroatoms. The molecule has 2 rings (SSSR count). The van der Waals surface area contributed by atoms with E-state index in [-0.39, 0.29) is 6.54 Å². The van der Waals surface area contributed by atoms with Crippen LogP contribution in [0.3, 0.4) is 0 Å². The molecule has 0 atom stereocenters. The fourth-order valence-electron chi connectivity index (χ4n) is 2.11. The second kappa shape index (κ2) is 7.71. The van der Waals surface area contributed by atoms with Crippen molar-refractivity contribution in [3.05, 3.63) is 22.4 Å². The standard InChI is InChI=1S/C13H22N4O3S/c1-17(7-4-14-5-8-17)15-13(18)16(19)6-9-20-11-12-3-2-10-21-12/h2-3,10,14,19H,4-9,11H2,1H3/p+1. The zero-order valence-electron chi connectivity index (χ0n) is 12.2. The van der Waals surface area contributed by atoms with Gasteiger partial charge in [-0.1, -0.05) is 6.07 Å². The minimum atomic E-state index is -0.487. The lowest BCUT2D eigenvalue weighted by atomic mass is 10.4. The topological polar surface area (TPSA) is 73.8 Å². The Morgan fingerprint density at radius 2 is 2.33 bits per heavy atom. The fraction of sp³-hybridized carbons (Fsp3) is 0.615. The second-order valence-corrected chi connectivity index (χ2v) is 6.30. The van der Waals surface area contributed by atoms with Gasteiger partial charge in [0, 0.05) is 18.0 Å². The summed E-state index contributed by atoms with van der Waals surface area (Å²) in [4.78, 5) is 13.0. The van der Waals surface area contributed by atoms with E-state index in [2.05, 4.69) is 10.7 Å². The number of ether oxygens (including phenoxy) is 1. The van der Waals surface area contributed by atoms with Gasteiger partial charge >= 0.3 is 6.03 Å². The monoisotopic (exact) mass is 315 g/mol. The largest absolute Gasteiger partial charge is 0.385 e. The molecule has 7 nitrogen and oxygen atoms in total. The summed E-state index contributed by atoms with van der Waals surface area (Å²) >= 11 is 1.62. The van der Waals surface area contributed by atoms with Gasteiger partial charge < -0.3 is 10.1 Å². The molecule has 0 spiro atoms. The number of hydrogen-bond donors (Lipinski definition) is 3. The first kappa shape index (κ1) is 16.2. The third-order valence-electron chi connectivity index (χ3n) is 3.44. The minimum absolute atomic E-state index is 0.148. The Hall–Kier alpha value is -1.19. The van der Waals surface area contributed by atoms with Crippen molar-refractivity contribution in [3.63, 3.8) is 0 Å². The summed E-state index contributed by atoms with van der Waals surface area (Å²) in [6.07, 6.45) is 0. The Labute approximate surface area is 128 Å². The Bertz CT molecular complexity index is 435. The number of amides is 2. The molecule has 118 valence electrons. The van der Waals surface area contributed by atoms with Crippen molar-refractivity contribution in [2.75, 3.05) is 46.4 Å². The number of rotatable bonds is 6. The third kappa shape index (κ3) is 5.25. The van der Waals surface area contributed by atoms with Crippen molar-refractivity contribution >= 4 is 17.4 Å². The van der Waals surface area contributed by atoms with E-state index in [1.165, 1.54) is 0 Å². The highest BCUT2D eigenvalue weighted by molar-refractivity contribution is 7.09. The Balaban J connectivity index is 1.65. The average molecular weight is 315 g/mol. The highest BCUT2D eigenvalue weighted by Gasteiger charge is 2.29. The molecular formula is C13H23N4O3S+. The maximum Gasteiger partial charge on any atom is 0.385 e. The van der Waals surface area contributed by atoms with Crippen LogP contribution in [-0.4, -0.2) is 67.3 Å². The summed E-state index contributed by atoms with van der Waals surface area (Å²) in [6.45, 7) is 4.26. The number of carbonyl (C=O) groups excluding carboxylic acids is 1. The molecule has 2 amide bonds. The van der Waals surface area contributed by atoms with Crippen LogP contribution in [0.1, 0.15) is 4.88 Å². The molecule has 1 fully saturated rings. The van der Waals surface area contributed by atoms with Crippen LogP contribution >= 0.6 is 11.3 Å². The summed E-state index contributed by atoms with van der Waals surface area (Å²) in [7, 11) is 1.94. The summed E-state index contributed by atoms with van der Waals surface area (Å²) < 4.78 is 5.86. The van der Waals surface area contributed by atoms with Crippen LogP contribution in [0, 0.1) is 0 Å². The Morgan fingerprint density at radius 1 is 1.57 bits per heavy atom. The lowest BCUT2D eigenvalue weighted by Gasteiger charge is -2.37. The van der Waals surface area contributed by atoms with E-state index in [1.54, 1.807) is 11.3 Å². The molecule has 0 unspecified atom stereocenters. The molecule has 3 N–H and O–H groups in total. The predicted octanol–water partition coefficient (Wildman–Crippen LogP) is 0.630. The van der Waals surface area contributed by atoms with Crippen LogP contribution in [0.25, 0.3) is 0 Å². The average Bonchev–Trinajstić information content (AvgIpc) is 2.97. The molecule has 21 heavy (non-hydrogen) atoms. The van der Waals surface area contributed by atoms with E-state index in [0.29, 0.717) is 22.9 Å². The predicted molar refractivity (Wildman–Crippen MR) is 79.8 cm³/mol. The van der Waals surface area contributed by atoms with Gasteiger partial charge in [-0.15, -0.1) is 11.3 Å². The fourth-order valence-corrected chi connectivity index (χ4v) is 2.75. The van der Waals surface area contributed by atoms with Crippen molar-refractivity contribution in [2.24, 2.45) is 0 Å². The lowest BCUT2D eigenvalue weighted by Crippen LogP contribution is -2.66. The second-order valence-electron chi connectivity index (χ2n) is 5.27. The molecule has 1 aromatic rings. The number of nitrogens with zero attached hydrogens (tertiary/aromatic N) is 2. The quantitative estimate of drug-likeness (QED) is 0.312. The number of urea groups is 1. The van der Waals surface area contributed by atoms with Gasteiger partial charge in [-0.05, 0) is 11.4 Å². The number of quaternary nitrogens is 1. The van der Waals surface area contributed by atoms with E-state index in [4.69, 9.17) is 4.74 Å². The van der Waals surface area contributed by atoms with Gasteiger partial charge in [-0.3, -0.25) is 5.21 Å². The molecule has 1 aliphatic heterocycles. The molecule has 0 saturated carbocycles. The first-order chi connectivity index (χ1) is 10.1. The highest BCUT2D eigenvalue weighted by atomic mass is 32.1. The number of likely N-dealkylation sites (N-methyl/N-ethyl adjacent to an activating group) is 1. The van der Waals surface area contributed by atoms with E-state index in [0.717, 1.165) is 31.1 Å². The minimum Gasteiger partial charge on any atom is -0.374 e. The summed E-state index contributed by atoms with van der Waals surface area (Å²) in [6, 6.07) is 3.47. The smallest absolute Gasteiger partial charge is 0.374 e. The Kier molecular flexibility index (Phi) is 5.95. The number of hydroxylamine groups is 2. The van der Waals surface area contributed by atoms with Crippen LogP contribution in [0.2, 0.25) is 0 Å². The van der Waals surface area contributed by atoms with Gasteiger partial charge in [-0.25, -0.2) is 14.4 Å². The first-order valence-corrected chi connectivity index (χ1v) is 7.91. The Morgan fingerprint density at radius 3 is 3.00 bits per heavy atom. The number of nitrogens with one attached hydrogen (secondary N) is 2.